The number of amides is 2. The molecule has 1 aliphatic heterocycles. The molecule has 2 heterocycles. The number of alkyl halides is 6. The number of likely N-dealkylation sites (tertiary alicyclic amines) is 1. The van der Waals surface area contributed by atoms with Gasteiger partial charge in [0.05, 0.1) is 0 Å². The van der Waals surface area contributed by atoms with E-state index < -0.39 is 37.5 Å². The number of halogens is 6. The largest absolute Gasteiger partial charge is 0.406 e. The number of aromatic nitrogens is 1. The van der Waals surface area contributed by atoms with Crippen LogP contribution in [0.4, 0.5) is 31.1 Å². The second-order valence-electron chi connectivity index (χ2n) is 8.37. The van der Waals surface area contributed by atoms with Gasteiger partial charge in [-0.1, -0.05) is 12.1 Å². The van der Waals surface area contributed by atoms with Gasteiger partial charge in [0.15, 0.2) is 0 Å². The Balaban J connectivity index is 1.53. The summed E-state index contributed by atoms with van der Waals surface area (Å²) in [5.41, 5.74) is 3.25. The molecule has 1 saturated heterocycles. The minimum absolute atomic E-state index is 0.00901. The molecule has 1 aromatic heterocycles. The summed E-state index contributed by atoms with van der Waals surface area (Å²) >= 11 is 0. The molecule has 0 radical (unpaired) electrons. The van der Waals surface area contributed by atoms with Crippen LogP contribution >= 0.6 is 0 Å². The molecule has 2 aromatic rings. The topological polar surface area (TPSA) is 51.4 Å². The molecule has 0 spiro atoms. The molecule has 0 saturated carbocycles. The van der Waals surface area contributed by atoms with Crippen LogP contribution in [0.5, 0.6) is 0 Å². The van der Waals surface area contributed by atoms with Crippen LogP contribution in [0.1, 0.15) is 23.5 Å². The molecule has 4 rings (SSSR count). The summed E-state index contributed by atoms with van der Waals surface area (Å²) < 4.78 is 76.4. The third-order valence-electron chi connectivity index (χ3n) is 6.08. The molecule has 170 valence electrons. The zero-order chi connectivity index (χ0) is 22.6. The Bertz CT molecular complexity index is 953. The van der Waals surface area contributed by atoms with Gasteiger partial charge < -0.3 is 20.1 Å². The quantitative estimate of drug-likeness (QED) is 0.698. The lowest BCUT2D eigenvalue weighted by atomic mass is 9.74. The van der Waals surface area contributed by atoms with Crippen LogP contribution < -0.4 is 5.32 Å². The van der Waals surface area contributed by atoms with E-state index in [0.717, 1.165) is 22.9 Å². The SMILES string of the molecule is CN1CC(NC(=O)N(CC(F)(F)F)CC(F)(F)F)CC2c3cccc4[nH]cc(c34)CC21. The number of urea groups is 1. The molecule has 11 heteroatoms. The van der Waals surface area contributed by atoms with Crippen LogP contribution in [0.25, 0.3) is 10.9 Å². The molecule has 3 unspecified atom stereocenters. The van der Waals surface area contributed by atoms with E-state index in [1.807, 2.05) is 36.3 Å². The van der Waals surface area contributed by atoms with Crippen LogP contribution in [0, 0.1) is 0 Å². The van der Waals surface area contributed by atoms with Crippen molar-refractivity contribution in [3.05, 3.63) is 35.5 Å². The van der Waals surface area contributed by atoms with Crippen molar-refractivity contribution in [1.82, 2.24) is 20.1 Å². The molecule has 3 atom stereocenters. The number of benzene rings is 1. The Morgan fingerprint density at radius 3 is 2.52 bits per heavy atom. The molecule has 1 aromatic carbocycles. The highest BCUT2D eigenvalue weighted by Gasteiger charge is 2.43. The summed E-state index contributed by atoms with van der Waals surface area (Å²) in [7, 11) is 1.86. The molecule has 2 aliphatic rings. The highest BCUT2D eigenvalue weighted by Crippen LogP contribution is 2.43. The zero-order valence-corrected chi connectivity index (χ0v) is 16.6. The van der Waals surface area contributed by atoms with Gasteiger partial charge in [0.1, 0.15) is 13.1 Å². The summed E-state index contributed by atoms with van der Waals surface area (Å²) in [6, 6.07) is 4.08. The summed E-state index contributed by atoms with van der Waals surface area (Å²) in [4.78, 5) is 17.4. The van der Waals surface area contributed by atoms with Crippen LogP contribution in [0.15, 0.2) is 24.4 Å². The number of nitrogens with one attached hydrogen (secondary N) is 2. The summed E-state index contributed by atoms with van der Waals surface area (Å²) in [6.45, 7) is -3.58. The summed E-state index contributed by atoms with van der Waals surface area (Å²) in [6.07, 6.45) is -6.66. The molecule has 31 heavy (non-hydrogen) atoms. The zero-order valence-electron chi connectivity index (χ0n) is 16.6. The van der Waals surface area contributed by atoms with E-state index in [-0.39, 0.29) is 16.9 Å². The smallest absolute Gasteiger partial charge is 0.361 e. The number of nitrogens with zero attached hydrogens (tertiary/aromatic N) is 2. The van der Waals surface area contributed by atoms with Gasteiger partial charge in [-0.2, -0.15) is 26.3 Å². The van der Waals surface area contributed by atoms with Gasteiger partial charge in [0.25, 0.3) is 0 Å². The van der Waals surface area contributed by atoms with Crippen molar-refractivity contribution in [3.63, 3.8) is 0 Å². The molecular weight excluding hydrogens is 426 g/mol. The van der Waals surface area contributed by atoms with E-state index in [2.05, 4.69) is 10.3 Å². The Kier molecular flexibility index (Phi) is 5.35. The van der Waals surface area contributed by atoms with Crippen molar-refractivity contribution in [3.8, 4) is 0 Å². The number of hydrogen-bond donors (Lipinski definition) is 2. The van der Waals surface area contributed by atoms with Crippen molar-refractivity contribution in [2.24, 2.45) is 0 Å². The van der Waals surface area contributed by atoms with Gasteiger partial charge >= 0.3 is 18.4 Å². The highest BCUT2D eigenvalue weighted by atomic mass is 19.4. The van der Waals surface area contributed by atoms with Gasteiger partial charge in [0.2, 0.25) is 0 Å². The molecule has 2 N–H and O–H groups in total. The number of carbonyl (C=O) groups is 1. The van der Waals surface area contributed by atoms with Crippen molar-refractivity contribution < 1.29 is 31.1 Å². The summed E-state index contributed by atoms with van der Waals surface area (Å²) in [5, 5.41) is 3.53. The number of carbonyl (C=O) groups excluding carboxylic acids is 1. The Labute approximate surface area is 174 Å². The first kappa shape index (κ1) is 21.8. The van der Waals surface area contributed by atoms with E-state index in [9.17, 15) is 31.1 Å². The van der Waals surface area contributed by atoms with Gasteiger partial charge in [-0.05, 0) is 37.1 Å². The molecule has 5 nitrogen and oxygen atoms in total. The van der Waals surface area contributed by atoms with E-state index in [1.54, 1.807) is 0 Å². The fraction of sp³-hybridized carbons (Fsp3) is 0.550. The second-order valence-corrected chi connectivity index (χ2v) is 8.37. The fourth-order valence-corrected chi connectivity index (χ4v) is 4.94. The van der Waals surface area contributed by atoms with Crippen molar-refractivity contribution in [2.45, 2.75) is 43.2 Å². The number of rotatable bonds is 3. The standard InChI is InChI=1S/C20H22F6N4O/c1-29-8-12(28-18(31)30(9-19(21,22)23)10-20(24,25)26)6-14-13-3-2-4-15-17(13)11(7-27-15)5-16(14)29/h2-4,7,12,14,16,27H,5-6,8-10H2,1H3,(H,28,31). The minimum Gasteiger partial charge on any atom is -0.361 e. The third kappa shape index (κ3) is 4.60. The molecule has 2 amide bonds. The van der Waals surface area contributed by atoms with Gasteiger partial charge in [-0.15, -0.1) is 0 Å². The maximum absolute atomic E-state index is 12.7. The van der Waals surface area contributed by atoms with Crippen LogP contribution in [0.2, 0.25) is 0 Å². The molecule has 0 bridgehead atoms. The number of likely N-dealkylation sites (N-methyl/N-ethyl adjacent to an activating group) is 1. The minimum atomic E-state index is -4.93. The molecular formula is C20H22F6N4O. The average Bonchev–Trinajstić information content (AvgIpc) is 3.04. The number of H-pyrrole nitrogens is 1. The Morgan fingerprint density at radius 1 is 1.19 bits per heavy atom. The lowest BCUT2D eigenvalue weighted by Gasteiger charge is -2.46. The third-order valence-corrected chi connectivity index (χ3v) is 6.08. The Hall–Kier alpha value is -2.43. The van der Waals surface area contributed by atoms with Crippen LogP contribution in [0.3, 0.4) is 0 Å². The van der Waals surface area contributed by atoms with E-state index in [4.69, 9.17) is 0 Å². The number of piperidine rings is 1. The second kappa shape index (κ2) is 7.61. The van der Waals surface area contributed by atoms with Crippen molar-refractivity contribution >= 4 is 16.9 Å². The first-order valence-corrected chi connectivity index (χ1v) is 9.89. The first-order chi connectivity index (χ1) is 14.4. The van der Waals surface area contributed by atoms with E-state index in [0.29, 0.717) is 13.0 Å². The molecule has 1 fully saturated rings. The van der Waals surface area contributed by atoms with E-state index in [1.165, 1.54) is 5.56 Å². The Morgan fingerprint density at radius 2 is 1.87 bits per heavy atom. The van der Waals surface area contributed by atoms with Crippen LogP contribution in [-0.4, -0.2) is 71.9 Å². The lowest BCUT2D eigenvalue weighted by Crippen LogP contribution is -2.58. The fourth-order valence-electron chi connectivity index (χ4n) is 4.94. The molecule has 1 aliphatic carbocycles. The van der Waals surface area contributed by atoms with E-state index >= 15 is 0 Å². The maximum Gasteiger partial charge on any atom is 0.406 e. The van der Waals surface area contributed by atoms with Gasteiger partial charge in [0, 0.05) is 41.6 Å². The monoisotopic (exact) mass is 448 g/mol. The maximum atomic E-state index is 12.7. The predicted molar refractivity (Wildman–Crippen MR) is 102 cm³/mol. The first-order valence-electron chi connectivity index (χ1n) is 9.89. The van der Waals surface area contributed by atoms with Crippen molar-refractivity contribution in [2.75, 3.05) is 26.7 Å². The number of aromatic amines is 1. The lowest BCUT2D eigenvalue weighted by molar-refractivity contribution is -0.171. The van der Waals surface area contributed by atoms with Crippen molar-refractivity contribution in [1.29, 1.82) is 0 Å². The highest BCUT2D eigenvalue weighted by molar-refractivity contribution is 5.88. The van der Waals surface area contributed by atoms with Crippen LogP contribution in [-0.2, 0) is 6.42 Å². The summed E-state index contributed by atoms with van der Waals surface area (Å²) in [5.74, 6) is 0.00901. The van der Waals surface area contributed by atoms with Gasteiger partial charge in [-0.3, -0.25) is 0 Å². The van der Waals surface area contributed by atoms with Gasteiger partial charge in [-0.25, -0.2) is 4.79 Å². The number of fused-ring (bicyclic) bond motifs is 2. The predicted octanol–water partition coefficient (Wildman–Crippen LogP) is 4.02. The number of hydrogen-bond acceptors (Lipinski definition) is 2. The average molecular weight is 448 g/mol. The normalized spacial score (nSPS) is 24.2.